The van der Waals surface area contributed by atoms with Crippen molar-refractivity contribution in [1.82, 2.24) is 10.2 Å². The Morgan fingerprint density at radius 3 is 2.64 bits per heavy atom. The van der Waals surface area contributed by atoms with Crippen LogP contribution in [0.25, 0.3) is 6.08 Å². The molecule has 126 valence electrons. The highest BCUT2D eigenvalue weighted by atomic mass is 19.1. The third-order valence-electron chi connectivity index (χ3n) is 3.92. The highest BCUT2D eigenvalue weighted by Crippen LogP contribution is 2.33. The molecule has 0 radical (unpaired) electrons. The third-order valence-corrected chi connectivity index (χ3v) is 3.92. The van der Waals surface area contributed by atoms with Crippen molar-refractivity contribution in [1.29, 1.82) is 0 Å². The molecule has 6 nitrogen and oxygen atoms in total. The standard InChI is InChI=1S/C18H13FN2O4/c19-13-4-1-11(2-5-13)9-21-17(22)14(20-18(21)23)7-12-3-6-15-16(8-12)25-10-24-15/h1-8H,9-10H2,(H,20,23)/b14-7+. The topological polar surface area (TPSA) is 67.9 Å². The van der Waals surface area contributed by atoms with Crippen LogP contribution in [0.5, 0.6) is 11.5 Å². The predicted octanol–water partition coefficient (Wildman–Crippen LogP) is 2.65. The van der Waals surface area contributed by atoms with Crippen LogP contribution < -0.4 is 14.8 Å². The fraction of sp³-hybridized carbons (Fsp3) is 0.111. The number of benzene rings is 2. The summed E-state index contributed by atoms with van der Waals surface area (Å²) in [6.45, 7) is 0.236. The first-order valence-corrected chi connectivity index (χ1v) is 7.59. The summed E-state index contributed by atoms with van der Waals surface area (Å²) in [5, 5.41) is 2.55. The van der Waals surface area contributed by atoms with Crippen LogP contribution in [0.4, 0.5) is 9.18 Å². The molecule has 3 amide bonds. The van der Waals surface area contributed by atoms with Gasteiger partial charge in [-0.1, -0.05) is 18.2 Å². The Bertz CT molecular complexity index is 892. The fourth-order valence-corrected chi connectivity index (χ4v) is 2.66. The van der Waals surface area contributed by atoms with Crippen LogP contribution in [0.3, 0.4) is 0 Å². The Hall–Kier alpha value is -3.35. The summed E-state index contributed by atoms with van der Waals surface area (Å²) in [7, 11) is 0. The quantitative estimate of drug-likeness (QED) is 0.689. The minimum absolute atomic E-state index is 0.0728. The van der Waals surface area contributed by atoms with E-state index in [1.54, 1.807) is 24.3 Å². The lowest BCUT2D eigenvalue weighted by atomic mass is 10.1. The molecule has 0 aliphatic carbocycles. The first-order valence-electron chi connectivity index (χ1n) is 7.59. The van der Waals surface area contributed by atoms with Crippen LogP contribution in [0, 0.1) is 5.82 Å². The van der Waals surface area contributed by atoms with E-state index in [9.17, 15) is 14.0 Å². The zero-order chi connectivity index (χ0) is 17.4. The summed E-state index contributed by atoms with van der Waals surface area (Å²) in [6, 6.07) is 10.4. The molecule has 0 saturated carbocycles. The van der Waals surface area contributed by atoms with Crippen molar-refractivity contribution in [3.8, 4) is 11.5 Å². The lowest BCUT2D eigenvalue weighted by Gasteiger charge is -2.11. The van der Waals surface area contributed by atoms with Crippen molar-refractivity contribution in [2.45, 2.75) is 6.54 Å². The van der Waals surface area contributed by atoms with Crippen LogP contribution in [-0.2, 0) is 11.3 Å². The van der Waals surface area contributed by atoms with Crippen LogP contribution in [-0.4, -0.2) is 23.6 Å². The maximum atomic E-state index is 13.0. The van der Waals surface area contributed by atoms with Gasteiger partial charge in [0.15, 0.2) is 11.5 Å². The molecule has 0 spiro atoms. The molecular formula is C18H13FN2O4. The molecule has 7 heteroatoms. The Morgan fingerprint density at radius 2 is 1.84 bits per heavy atom. The van der Waals surface area contributed by atoms with E-state index in [0.717, 1.165) is 4.90 Å². The number of nitrogens with one attached hydrogen (secondary N) is 1. The van der Waals surface area contributed by atoms with Gasteiger partial charge in [0.05, 0.1) is 6.54 Å². The van der Waals surface area contributed by atoms with Gasteiger partial charge in [0.2, 0.25) is 6.79 Å². The van der Waals surface area contributed by atoms with Gasteiger partial charge in [-0.05, 0) is 41.5 Å². The molecule has 1 fully saturated rings. The van der Waals surface area contributed by atoms with Gasteiger partial charge in [0.25, 0.3) is 5.91 Å². The number of hydrogen-bond donors (Lipinski definition) is 1. The SMILES string of the molecule is O=C1N/C(=C/c2ccc3c(c2)OCO3)C(=O)N1Cc1ccc(F)cc1. The minimum atomic E-state index is -0.513. The molecule has 25 heavy (non-hydrogen) atoms. The normalized spacial score (nSPS) is 17.3. The van der Waals surface area contributed by atoms with Crippen LogP contribution in [0.1, 0.15) is 11.1 Å². The molecule has 2 aliphatic heterocycles. The highest BCUT2D eigenvalue weighted by Gasteiger charge is 2.33. The van der Waals surface area contributed by atoms with Crippen LogP contribution in [0.15, 0.2) is 48.2 Å². The van der Waals surface area contributed by atoms with Gasteiger partial charge in [-0.15, -0.1) is 0 Å². The van der Waals surface area contributed by atoms with Crippen molar-refractivity contribution in [2.75, 3.05) is 6.79 Å². The maximum absolute atomic E-state index is 13.0. The van der Waals surface area contributed by atoms with E-state index in [4.69, 9.17) is 9.47 Å². The summed E-state index contributed by atoms with van der Waals surface area (Å²) < 4.78 is 23.5. The Labute approximate surface area is 142 Å². The summed E-state index contributed by atoms with van der Waals surface area (Å²) in [5.74, 6) is 0.424. The van der Waals surface area contributed by atoms with E-state index in [1.165, 1.54) is 24.3 Å². The Kier molecular flexibility index (Phi) is 3.61. The van der Waals surface area contributed by atoms with E-state index in [2.05, 4.69) is 5.32 Å². The third kappa shape index (κ3) is 2.91. The number of imide groups is 1. The van der Waals surface area contributed by atoms with Gasteiger partial charge in [0, 0.05) is 0 Å². The number of hydrogen-bond acceptors (Lipinski definition) is 4. The molecule has 0 bridgehead atoms. The monoisotopic (exact) mass is 340 g/mol. The number of ether oxygens (including phenoxy) is 2. The van der Waals surface area contributed by atoms with Gasteiger partial charge < -0.3 is 14.8 Å². The lowest BCUT2D eigenvalue weighted by Crippen LogP contribution is -2.30. The minimum Gasteiger partial charge on any atom is -0.454 e. The largest absolute Gasteiger partial charge is 0.454 e. The zero-order valence-corrected chi connectivity index (χ0v) is 13.0. The average molecular weight is 340 g/mol. The second kappa shape index (κ2) is 5.94. The van der Waals surface area contributed by atoms with Gasteiger partial charge in [-0.3, -0.25) is 9.69 Å². The number of carbonyl (C=O) groups is 2. The number of amides is 3. The smallest absolute Gasteiger partial charge is 0.329 e. The number of carbonyl (C=O) groups excluding carboxylic acids is 2. The van der Waals surface area contributed by atoms with Crippen molar-refractivity contribution in [2.24, 2.45) is 0 Å². The Morgan fingerprint density at radius 1 is 1.08 bits per heavy atom. The molecule has 2 heterocycles. The summed E-state index contributed by atoms with van der Waals surface area (Å²) in [5.41, 5.74) is 1.54. The number of urea groups is 1. The predicted molar refractivity (Wildman–Crippen MR) is 86.0 cm³/mol. The second-order valence-corrected chi connectivity index (χ2v) is 5.62. The summed E-state index contributed by atoms with van der Waals surface area (Å²) >= 11 is 0. The maximum Gasteiger partial charge on any atom is 0.329 e. The van der Waals surface area contributed by atoms with Crippen molar-refractivity contribution >= 4 is 18.0 Å². The zero-order valence-electron chi connectivity index (χ0n) is 13.0. The number of nitrogens with zero attached hydrogens (tertiary/aromatic N) is 1. The highest BCUT2D eigenvalue weighted by molar-refractivity contribution is 6.13. The second-order valence-electron chi connectivity index (χ2n) is 5.62. The van der Waals surface area contributed by atoms with Gasteiger partial charge in [-0.2, -0.15) is 0 Å². The molecule has 0 unspecified atom stereocenters. The summed E-state index contributed by atoms with van der Waals surface area (Å²) in [4.78, 5) is 25.6. The van der Waals surface area contributed by atoms with Crippen molar-refractivity contribution < 1.29 is 23.5 Å². The van der Waals surface area contributed by atoms with E-state index < -0.39 is 11.9 Å². The van der Waals surface area contributed by atoms with E-state index in [-0.39, 0.29) is 24.9 Å². The number of fused-ring (bicyclic) bond motifs is 1. The van der Waals surface area contributed by atoms with Crippen LogP contribution >= 0.6 is 0 Å². The summed E-state index contributed by atoms with van der Waals surface area (Å²) in [6.07, 6.45) is 1.58. The lowest BCUT2D eigenvalue weighted by molar-refractivity contribution is -0.123. The van der Waals surface area contributed by atoms with E-state index in [0.29, 0.717) is 22.6 Å². The fourth-order valence-electron chi connectivity index (χ4n) is 2.66. The van der Waals surface area contributed by atoms with Crippen molar-refractivity contribution in [3.05, 3.63) is 65.1 Å². The van der Waals surface area contributed by atoms with E-state index >= 15 is 0 Å². The van der Waals surface area contributed by atoms with Crippen molar-refractivity contribution in [3.63, 3.8) is 0 Å². The molecule has 4 rings (SSSR count). The Balaban J connectivity index is 1.55. The van der Waals surface area contributed by atoms with E-state index in [1.807, 2.05) is 0 Å². The molecule has 2 aromatic carbocycles. The molecular weight excluding hydrogens is 327 g/mol. The van der Waals surface area contributed by atoms with Gasteiger partial charge >= 0.3 is 6.03 Å². The molecule has 2 aromatic rings. The first kappa shape index (κ1) is 15.2. The molecule has 1 saturated heterocycles. The van der Waals surface area contributed by atoms with Gasteiger partial charge in [0.1, 0.15) is 11.5 Å². The first-order chi connectivity index (χ1) is 12.1. The van der Waals surface area contributed by atoms with Gasteiger partial charge in [-0.25, -0.2) is 9.18 Å². The molecule has 1 N–H and O–H groups in total. The molecule has 0 aromatic heterocycles. The molecule has 2 aliphatic rings. The molecule has 0 atom stereocenters. The number of rotatable bonds is 3. The van der Waals surface area contributed by atoms with Crippen LogP contribution in [0.2, 0.25) is 0 Å². The number of halogens is 1. The average Bonchev–Trinajstić information content (AvgIpc) is 3.16.